The van der Waals surface area contributed by atoms with E-state index >= 15 is 0 Å². The molecule has 0 saturated heterocycles. The lowest BCUT2D eigenvalue weighted by Crippen LogP contribution is -2.37. The van der Waals surface area contributed by atoms with Crippen molar-refractivity contribution in [1.82, 2.24) is 5.43 Å². The summed E-state index contributed by atoms with van der Waals surface area (Å²) < 4.78 is 0. The zero-order valence-electron chi connectivity index (χ0n) is 9.71. The smallest absolute Gasteiger partial charge is 0.210 e. The fourth-order valence-electron chi connectivity index (χ4n) is 1.23. The van der Waals surface area contributed by atoms with E-state index in [1.54, 1.807) is 0 Å². The topological polar surface area (TPSA) is 62.4 Å². The highest BCUT2D eigenvalue weighted by Crippen LogP contribution is 2.22. The Hall–Kier alpha value is -1.26. The summed E-state index contributed by atoms with van der Waals surface area (Å²) in [5, 5.41) is 3.81. The standard InChI is InChI=1S/C11H17ClN4/c1-7(2)14-11(16-13)15-10-6-4-5-9(12)8(10)3/h4-7H,13H2,1-3H3,(H2,14,15,16). The summed E-state index contributed by atoms with van der Waals surface area (Å²) in [6.07, 6.45) is 0. The van der Waals surface area contributed by atoms with Gasteiger partial charge in [0.05, 0.1) is 0 Å². The van der Waals surface area contributed by atoms with Crippen LogP contribution in [0.3, 0.4) is 0 Å². The zero-order valence-corrected chi connectivity index (χ0v) is 10.5. The van der Waals surface area contributed by atoms with Gasteiger partial charge in [-0.05, 0) is 38.5 Å². The molecule has 5 heteroatoms. The van der Waals surface area contributed by atoms with Crippen LogP contribution in [-0.4, -0.2) is 12.0 Å². The molecule has 0 radical (unpaired) electrons. The average molecular weight is 241 g/mol. The summed E-state index contributed by atoms with van der Waals surface area (Å²) in [4.78, 5) is 4.29. The molecule has 0 amide bonds. The number of hydrogen-bond donors (Lipinski definition) is 3. The fraction of sp³-hybridized carbons (Fsp3) is 0.364. The number of hydrogen-bond acceptors (Lipinski definition) is 2. The van der Waals surface area contributed by atoms with Crippen molar-refractivity contribution in [2.75, 3.05) is 5.32 Å². The molecule has 88 valence electrons. The van der Waals surface area contributed by atoms with Crippen LogP contribution in [0.4, 0.5) is 5.69 Å². The number of rotatable bonds is 2. The molecule has 0 atom stereocenters. The number of nitrogens with zero attached hydrogens (tertiary/aromatic N) is 1. The quantitative estimate of drug-likeness (QED) is 0.322. The number of halogens is 1. The summed E-state index contributed by atoms with van der Waals surface area (Å²) in [5.74, 6) is 5.91. The maximum absolute atomic E-state index is 6.01. The Bertz CT molecular complexity index is 388. The number of aliphatic imine (C=N–C) groups is 1. The molecule has 1 aromatic rings. The van der Waals surface area contributed by atoms with E-state index in [0.29, 0.717) is 11.0 Å². The molecule has 1 rings (SSSR count). The van der Waals surface area contributed by atoms with Gasteiger partial charge in [0.15, 0.2) is 0 Å². The first-order valence-electron chi connectivity index (χ1n) is 5.11. The number of hydrazine groups is 1. The van der Waals surface area contributed by atoms with Crippen molar-refractivity contribution in [3.63, 3.8) is 0 Å². The minimum atomic E-state index is 0.165. The lowest BCUT2D eigenvalue weighted by molar-refractivity contribution is 0.819. The van der Waals surface area contributed by atoms with E-state index in [1.807, 2.05) is 39.0 Å². The van der Waals surface area contributed by atoms with Crippen LogP contribution in [0.25, 0.3) is 0 Å². The molecule has 0 aliphatic rings. The first-order valence-corrected chi connectivity index (χ1v) is 5.49. The van der Waals surface area contributed by atoms with E-state index in [-0.39, 0.29) is 6.04 Å². The van der Waals surface area contributed by atoms with Crippen LogP contribution in [0, 0.1) is 6.92 Å². The van der Waals surface area contributed by atoms with Gasteiger partial charge in [0.25, 0.3) is 0 Å². The van der Waals surface area contributed by atoms with Crippen LogP contribution < -0.4 is 16.6 Å². The normalized spacial score (nSPS) is 11.8. The summed E-state index contributed by atoms with van der Waals surface area (Å²) in [7, 11) is 0. The predicted octanol–water partition coefficient (Wildman–Crippen LogP) is 2.29. The van der Waals surface area contributed by atoms with E-state index < -0.39 is 0 Å². The van der Waals surface area contributed by atoms with Gasteiger partial charge in [-0.25, -0.2) is 10.8 Å². The number of anilines is 1. The van der Waals surface area contributed by atoms with Crippen molar-refractivity contribution in [2.45, 2.75) is 26.8 Å². The third-order valence-electron chi connectivity index (χ3n) is 2.04. The molecule has 0 unspecified atom stereocenters. The summed E-state index contributed by atoms with van der Waals surface area (Å²) in [6, 6.07) is 5.81. The van der Waals surface area contributed by atoms with Crippen LogP contribution in [0.15, 0.2) is 23.2 Å². The Kier molecular flexibility index (Phi) is 4.58. The first-order chi connectivity index (χ1) is 7.54. The zero-order chi connectivity index (χ0) is 12.1. The maximum Gasteiger partial charge on any atom is 0.210 e. The van der Waals surface area contributed by atoms with Crippen molar-refractivity contribution in [3.05, 3.63) is 28.8 Å². The molecule has 4 nitrogen and oxygen atoms in total. The molecular weight excluding hydrogens is 224 g/mol. The predicted molar refractivity (Wildman–Crippen MR) is 69.7 cm³/mol. The van der Waals surface area contributed by atoms with Crippen molar-refractivity contribution in [2.24, 2.45) is 10.8 Å². The van der Waals surface area contributed by atoms with Gasteiger partial charge in [-0.2, -0.15) is 0 Å². The maximum atomic E-state index is 6.01. The van der Waals surface area contributed by atoms with Crippen LogP contribution in [0.1, 0.15) is 19.4 Å². The number of guanidine groups is 1. The Morgan fingerprint density at radius 2 is 2.12 bits per heavy atom. The minimum Gasteiger partial charge on any atom is -0.325 e. The Labute approximate surface area is 101 Å². The Morgan fingerprint density at radius 1 is 1.44 bits per heavy atom. The molecule has 0 spiro atoms. The third kappa shape index (κ3) is 3.40. The fourth-order valence-corrected chi connectivity index (χ4v) is 1.41. The second-order valence-electron chi connectivity index (χ2n) is 3.75. The molecule has 1 aromatic carbocycles. The van der Waals surface area contributed by atoms with Gasteiger partial charge in [0.2, 0.25) is 5.96 Å². The lowest BCUT2D eigenvalue weighted by Gasteiger charge is -2.13. The van der Waals surface area contributed by atoms with Crippen molar-refractivity contribution >= 4 is 23.2 Å². The van der Waals surface area contributed by atoms with E-state index in [0.717, 1.165) is 11.3 Å². The highest BCUT2D eigenvalue weighted by Gasteiger charge is 2.04. The molecule has 0 aromatic heterocycles. The first kappa shape index (κ1) is 12.8. The third-order valence-corrected chi connectivity index (χ3v) is 2.45. The monoisotopic (exact) mass is 240 g/mol. The van der Waals surface area contributed by atoms with Gasteiger partial charge in [0, 0.05) is 16.8 Å². The van der Waals surface area contributed by atoms with Gasteiger partial charge in [-0.3, -0.25) is 5.43 Å². The van der Waals surface area contributed by atoms with Crippen LogP contribution in [-0.2, 0) is 0 Å². The minimum absolute atomic E-state index is 0.165. The van der Waals surface area contributed by atoms with Gasteiger partial charge in [-0.15, -0.1) is 0 Å². The SMILES string of the molecule is Cc1c(Cl)cccc1NC(=NC(C)C)NN. The van der Waals surface area contributed by atoms with Crippen LogP contribution in [0.2, 0.25) is 5.02 Å². The van der Waals surface area contributed by atoms with Gasteiger partial charge in [0.1, 0.15) is 0 Å². The average Bonchev–Trinajstić information content (AvgIpc) is 2.23. The van der Waals surface area contributed by atoms with Gasteiger partial charge >= 0.3 is 0 Å². The van der Waals surface area contributed by atoms with E-state index in [1.165, 1.54) is 0 Å². The van der Waals surface area contributed by atoms with Crippen molar-refractivity contribution < 1.29 is 0 Å². The molecule has 0 fully saturated rings. The van der Waals surface area contributed by atoms with E-state index in [2.05, 4.69) is 15.7 Å². The molecule has 4 N–H and O–H groups in total. The highest BCUT2D eigenvalue weighted by atomic mass is 35.5. The van der Waals surface area contributed by atoms with Crippen LogP contribution in [0.5, 0.6) is 0 Å². The number of nitrogens with two attached hydrogens (primary N) is 1. The van der Waals surface area contributed by atoms with E-state index in [9.17, 15) is 0 Å². The number of nitrogens with one attached hydrogen (secondary N) is 2. The van der Waals surface area contributed by atoms with Crippen LogP contribution >= 0.6 is 11.6 Å². The van der Waals surface area contributed by atoms with E-state index in [4.69, 9.17) is 17.4 Å². The van der Waals surface area contributed by atoms with Gasteiger partial charge < -0.3 is 5.32 Å². The summed E-state index contributed by atoms with van der Waals surface area (Å²) in [6.45, 7) is 5.89. The second kappa shape index (κ2) is 5.72. The molecule has 0 aliphatic carbocycles. The molecule has 0 saturated carbocycles. The highest BCUT2D eigenvalue weighted by molar-refractivity contribution is 6.31. The molecule has 0 heterocycles. The number of benzene rings is 1. The molecular formula is C11H17ClN4. The van der Waals surface area contributed by atoms with Crippen molar-refractivity contribution in [3.8, 4) is 0 Å². The lowest BCUT2D eigenvalue weighted by atomic mass is 10.2. The Balaban J connectivity index is 2.91. The largest absolute Gasteiger partial charge is 0.325 e. The second-order valence-corrected chi connectivity index (χ2v) is 4.16. The van der Waals surface area contributed by atoms with Crippen molar-refractivity contribution in [1.29, 1.82) is 0 Å². The molecule has 16 heavy (non-hydrogen) atoms. The Morgan fingerprint density at radius 3 is 2.69 bits per heavy atom. The molecule has 0 aliphatic heterocycles. The van der Waals surface area contributed by atoms with Gasteiger partial charge in [-0.1, -0.05) is 17.7 Å². The summed E-state index contributed by atoms with van der Waals surface area (Å²) >= 11 is 6.01. The summed E-state index contributed by atoms with van der Waals surface area (Å²) in [5.41, 5.74) is 4.39. The molecule has 0 bridgehead atoms.